The molecule has 0 radical (unpaired) electrons. The van der Waals surface area contributed by atoms with Crippen molar-refractivity contribution in [2.24, 2.45) is 11.3 Å². The van der Waals surface area contributed by atoms with Crippen LogP contribution in [-0.2, 0) is 24.1 Å². The molecule has 0 saturated carbocycles. The fourth-order valence-corrected chi connectivity index (χ4v) is 4.08. The van der Waals surface area contributed by atoms with E-state index >= 15 is 0 Å². The van der Waals surface area contributed by atoms with Gasteiger partial charge in [0, 0.05) is 11.8 Å². The molecule has 0 spiro atoms. The molecule has 0 aliphatic heterocycles. The molecule has 1 atom stereocenters. The van der Waals surface area contributed by atoms with E-state index in [0.717, 1.165) is 36.1 Å². The summed E-state index contributed by atoms with van der Waals surface area (Å²) >= 11 is 0. The maximum atomic E-state index is 12.9. The van der Waals surface area contributed by atoms with Crippen LogP contribution in [0.5, 0.6) is 0 Å². The van der Waals surface area contributed by atoms with Crippen LogP contribution in [0.4, 0.5) is 5.69 Å². The van der Waals surface area contributed by atoms with Crippen LogP contribution in [0.3, 0.4) is 0 Å². The number of aromatic nitrogens is 3. The number of nitrogens with one attached hydrogen (secondary N) is 1. The Kier molecular flexibility index (Phi) is 5.86. The fourth-order valence-electron chi connectivity index (χ4n) is 4.08. The third kappa shape index (κ3) is 4.59. The Morgan fingerprint density at radius 1 is 1.25 bits per heavy atom. The zero-order valence-electron chi connectivity index (χ0n) is 18.8. The van der Waals surface area contributed by atoms with Gasteiger partial charge in [-0.1, -0.05) is 38.1 Å². The van der Waals surface area contributed by atoms with Gasteiger partial charge in [0.1, 0.15) is 0 Å². The van der Waals surface area contributed by atoms with E-state index in [2.05, 4.69) is 36.3 Å². The van der Waals surface area contributed by atoms with Crippen molar-refractivity contribution in [1.29, 1.82) is 0 Å². The second-order valence-corrected chi connectivity index (χ2v) is 9.31. The van der Waals surface area contributed by atoms with Crippen molar-refractivity contribution >= 4 is 17.6 Å². The zero-order valence-corrected chi connectivity index (χ0v) is 18.8. The number of rotatable bonds is 5. The van der Waals surface area contributed by atoms with Gasteiger partial charge in [-0.2, -0.15) is 5.10 Å². The first kappa shape index (κ1) is 21.8. The molecule has 168 valence electrons. The molecule has 32 heavy (non-hydrogen) atoms. The highest BCUT2D eigenvalue weighted by Gasteiger charge is 2.34. The van der Waals surface area contributed by atoms with Gasteiger partial charge in [0.15, 0.2) is 0 Å². The van der Waals surface area contributed by atoms with Gasteiger partial charge in [0.05, 0.1) is 36.8 Å². The first-order chi connectivity index (χ1) is 15.2. The Labute approximate surface area is 186 Å². The topological polar surface area (TPSA) is 99.2 Å². The third-order valence-electron chi connectivity index (χ3n) is 6.09. The van der Waals surface area contributed by atoms with E-state index in [1.807, 2.05) is 12.1 Å². The smallest absolute Gasteiger partial charge is 0.337 e. The maximum Gasteiger partial charge on any atom is 0.337 e. The summed E-state index contributed by atoms with van der Waals surface area (Å²) in [5, 5.41) is 11.3. The summed E-state index contributed by atoms with van der Waals surface area (Å²) in [5.41, 5.74) is 4.02. The van der Waals surface area contributed by atoms with Gasteiger partial charge in [-0.25, -0.2) is 4.79 Å². The molecule has 1 unspecified atom stereocenters. The van der Waals surface area contributed by atoms with Crippen LogP contribution in [0.1, 0.15) is 64.9 Å². The van der Waals surface area contributed by atoms with Crippen LogP contribution in [0.15, 0.2) is 41.2 Å². The minimum Gasteiger partial charge on any atom is -0.465 e. The molecule has 0 bridgehead atoms. The number of fused-ring (bicyclic) bond motifs is 1. The molecule has 8 heteroatoms. The SMILES string of the molecule is COC(=O)c1ccc(Cn2cc(NC(=O)c3onc4c3CC(C(C)(C)C)CC4)cn2)cc1. The number of hydrogen-bond donors (Lipinski definition) is 1. The summed E-state index contributed by atoms with van der Waals surface area (Å²) in [4.78, 5) is 24.4. The van der Waals surface area contributed by atoms with Crippen molar-refractivity contribution in [1.82, 2.24) is 14.9 Å². The highest BCUT2D eigenvalue weighted by atomic mass is 16.5. The predicted molar refractivity (Wildman–Crippen MR) is 119 cm³/mol. The van der Waals surface area contributed by atoms with Crippen LogP contribution >= 0.6 is 0 Å². The molecule has 3 aromatic rings. The van der Waals surface area contributed by atoms with Gasteiger partial charge < -0.3 is 14.6 Å². The second kappa shape index (κ2) is 8.61. The van der Waals surface area contributed by atoms with Gasteiger partial charge in [-0.3, -0.25) is 9.48 Å². The first-order valence-corrected chi connectivity index (χ1v) is 10.7. The number of benzene rings is 1. The van der Waals surface area contributed by atoms with Crippen molar-refractivity contribution in [3.8, 4) is 0 Å². The molecule has 4 rings (SSSR count). The molecule has 2 heterocycles. The highest BCUT2D eigenvalue weighted by Crippen LogP contribution is 2.38. The van der Waals surface area contributed by atoms with Crippen molar-refractivity contribution in [2.45, 2.75) is 46.6 Å². The molecule has 1 aromatic carbocycles. The van der Waals surface area contributed by atoms with Gasteiger partial charge in [-0.15, -0.1) is 0 Å². The monoisotopic (exact) mass is 436 g/mol. The van der Waals surface area contributed by atoms with E-state index < -0.39 is 0 Å². The molecule has 0 fully saturated rings. The van der Waals surface area contributed by atoms with Gasteiger partial charge in [-0.05, 0) is 48.3 Å². The Morgan fingerprint density at radius 2 is 2.00 bits per heavy atom. The predicted octanol–water partition coefficient (Wildman–Crippen LogP) is 4.11. The normalized spacial score (nSPS) is 15.8. The average molecular weight is 437 g/mol. The molecular weight excluding hydrogens is 408 g/mol. The molecule has 1 amide bonds. The van der Waals surface area contributed by atoms with E-state index in [0.29, 0.717) is 29.5 Å². The Hall–Kier alpha value is -3.42. The number of methoxy groups -OCH3 is 1. The summed E-state index contributed by atoms with van der Waals surface area (Å²) < 4.78 is 11.9. The molecule has 1 aliphatic rings. The van der Waals surface area contributed by atoms with Gasteiger partial charge in [0.25, 0.3) is 5.91 Å². The third-order valence-corrected chi connectivity index (χ3v) is 6.09. The minimum atomic E-state index is -0.371. The highest BCUT2D eigenvalue weighted by molar-refractivity contribution is 6.03. The number of esters is 1. The van der Waals surface area contributed by atoms with E-state index in [4.69, 9.17) is 9.26 Å². The van der Waals surface area contributed by atoms with Crippen LogP contribution < -0.4 is 5.32 Å². The number of aryl methyl sites for hydroxylation is 1. The molecule has 2 aromatic heterocycles. The molecular formula is C24H28N4O4. The lowest BCUT2D eigenvalue weighted by Crippen LogP contribution is -2.27. The fraction of sp³-hybridized carbons (Fsp3) is 0.417. The summed E-state index contributed by atoms with van der Waals surface area (Å²) in [6.45, 7) is 7.19. The minimum absolute atomic E-state index is 0.166. The van der Waals surface area contributed by atoms with Crippen LogP contribution in [0.25, 0.3) is 0 Å². The van der Waals surface area contributed by atoms with Crippen LogP contribution in [-0.4, -0.2) is 33.9 Å². The standard InChI is InChI=1S/C24H28N4O4/c1-24(2,3)17-9-10-20-19(11-17)21(32-27-20)22(29)26-18-12-25-28(14-18)13-15-5-7-16(8-6-15)23(30)31-4/h5-8,12,14,17H,9-11,13H2,1-4H3,(H,26,29). The Bertz CT molecular complexity index is 1120. The van der Waals surface area contributed by atoms with Crippen molar-refractivity contribution in [3.05, 3.63) is 64.8 Å². The Morgan fingerprint density at radius 3 is 2.69 bits per heavy atom. The number of carbonyl (C=O) groups excluding carboxylic acids is 2. The molecule has 8 nitrogen and oxygen atoms in total. The number of carbonyl (C=O) groups is 2. The van der Waals surface area contributed by atoms with Gasteiger partial charge >= 0.3 is 5.97 Å². The van der Waals surface area contributed by atoms with Gasteiger partial charge in [0.2, 0.25) is 5.76 Å². The second-order valence-electron chi connectivity index (χ2n) is 9.31. The van der Waals surface area contributed by atoms with Crippen molar-refractivity contribution in [2.75, 3.05) is 12.4 Å². The van der Waals surface area contributed by atoms with E-state index in [1.54, 1.807) is 29.2 Å². The molecule has 1 aliphatic carbocycles. The van der Waals surface area contributed by atoms with Crippen LogP contribution in [0.2, 0.25) is 0 Å². The number of hydrogen-bond acceptors (Lipinski definition) is 6. The summed E-state index contributed by atoms with van der Waals surface area (Å²) in [6.07, 6.45) is 6.04. The lowest BCUT2D eigenvalue weighted by molar-refractivity contribution is 0.0600. The zero-order chi connectivity index (χ0) is 22.9. The van der Waals surface area contributed by atoms with E-state index in [9.17, 15) is 9.59 Å². The summed E-state index contributed by atoms with van der Waals surface area (Å²) in [7, 11) is 1.35. The number of amides is 1. The number of nitrogens with zero attached hydrogens (tertiary/aromatic N) is 3. The number of anilines is 1. The first-order valence-electron chi connectivity index (χ1n) is 10.7. The summed E-state index contributed by atoms with van der Waals surface area (Å²) in [5.74, 6) is 0.0914. The molecule has 1 N–H and O–H groups in total. The molecule has 0 saturated heterocycles. The van der Waals surface area contributed by atoms with Crippen LogP contribution in [0, 0.1) is 11.3 Å². The maximum absolute atomic E-state index is 12.9. The largest absolute Gasteiger partial charge is 0.465 e. The average Bonchev–Trinajstić information content (AvgIpc) is 3.39. The number of ether oxygens (including phenoxy) is 1. The quantitative estimate of drug-likeness (QED) is 0.604. The van der Waals surface area contributed by atoms with Crippen molar-refractivity contribution in [3.63, 3.8) is 0 Å². The summed E-state index contributed by atoms with van der Waals surface area (Å²) in [6, 6.07) is 7.12. The van der Waals surface area contributed by atoms with E-state index in [-0.39, 0.29) is 17.3 Å². The van der Waals surface area contributed by atoms with E-state index in [1.165, 1.54) is 7.11 Å². The van der Waals surface area contributed by atoms with Crippen molar-refractivity contribution < 1.29 is 18.8 Å². The lowest BCUT2D eigenvalue weighted by atomic mass is 9.71. The lowest BCUT2D eigenvalue weighted by Gasteiger charge is -2.33. The Balaban J connectivity index is 1.42.